The van der Waals surface area contributed by atoms with Crippen molar-refractivity contribution in [1.29, 1.82) is 0 Å². The lowest BCUT2D eigenvalue weighted by Gasteiger charge is -2.31. The van der Waals surface area contributed by atoms with Crippen molar-refractivity contribution in [2.45, 2.75) is 50.7 Å². The predicted octanol–water partition coefficient (Wildman–Crippen LogP) is 3.19. The average Bonchev–Trinajstić information content (AvgIpc) is 3.10. The molecule has 0 fully saturated rings. The number of rotatable bonds is 17. The number of aliphatic carboxylic acids is 1. The second-order valence-electron chi connectivity index (χ2n) is 11.8. The van der Waals surface area contributed by atoms with Crippen LogP contribution in [0.4, 0.5) is 13.2 Å². The second kappa shape index (κ2) is 18.8. The molecule has 3 aromatic carbocycles. The fourth-order valence-corrected chi connectivity index (χ4v) is 5.04. The van der Waals surface area contributed by atoms with Crippen LogP contribution < -0.4 is 30.7 Å². The molecule has 0 saturated heterocycles. The molecule has 52 heavy (non-hydrogen) atoms. The van der Waals surface area contributed by atoms with Gasteiger partial charge in [0.2, 0.25) is 11.8 Å². The molecule has 3 rings (SSSR count). The number of alkyl halides is 3. The van der Waals surface area contributed by atoms with Crippen LogP contribution in [0.1, 0.15) is 41.4 Å². The smallest absolute Gasteiger partial charge is 0.416 e. The minimum Gasteiger partial charge on any atom is -0.497 e. The summed E-state index contributed by atoms with van der Waals surface area (Å²) in [6.45, 7) is 1.69. The van der Waals surface area contributed by atoms with E-state index >= 15 is 0 Å². The molecule has 17 heteroatoms. The third-order valence-electron chi connectivity index (χ3n) is 7.57. The maximum absolute atomic E-state index is 13.9. The van der Waals surface area contributed by atoms with Gasteiger partial charge in [-0.2, -0.15) is 13.2 Å². The van der Waals surface area contributed by atoms with Gasteiger partial charge in [-0.05, 0) is 65.6 Å². The lowest BCUT2D eigenvalue weighted by molar-refractivity contribution is -0.215. The van der Waals surface area contributed by atoms with Crippen molar-refractivity contribution in [2.24, 2.45) is 5.92 Å². The minimum absolute atomic E-state index is 0.0666. The maximum atomic E-state index is 13.9. The Hall–Kier alpha value is -5.35. The first-order valence-corrected chi connectivity index (χ1v) is 16.1. The topological polar surface area (TPSA) is 192 Å². The Kier molecular flexibility index (Phi) is 14.8. The number of benzene rings is 3. The van der Waals surface area contributed by atoms with Gasteiger partial charge in [-0.15, -0.1) is 0 Å². The summed E-state index contributed by atoms with van der Waals surface area (Å²) in [7, 11) is 1.40. The lowest BCUT2D eigenvalue weighted by Crippen LogP contribution is -2.56. The van der Waals surface area contributed by atoms with E-state index in [0.717, 1.165) is 0 Å². The molecular weight excluding hydrogens is 713 g/mol. The summed E-state index contributed by atoms with van der Waals surface area (Å²) in [5, 5.41) is 28.5. The van der Waals surface area contributed by atoms with E-state index < -0.39 is 79.1 Å². The normalized spacial score (nSPS) is 13.6. The van der Waals surface area contributed by atoms with Crippen LogP contribution in [0.5, 0.6) is 11.5 Å². The molecule has 0 saturated carbocycles. The fourth-order valence-electron chi connectivity index (χ4n) is 4.83. The highest BCUT2D eigenvalue weighted by atomic mass is 35.5. The summed E-state index contributed by atoms with van der Waals surface area (Å²) in [5.41, 5.74) is 0.754. The summed E-state index contributed by atoms with van der Waals surface area (Å²) >= 11 is 6.15. The zero-order valence-corrected chi connectivity index (χ0v) is 29.0. The Bertz CT molecular complexity index is 1710. The molecule has 4 amide bonds. The van der Waals surface area contributed by atoms with E-state index in [2.05, 4.69) is 21.3 Å². The molecule has 0 aliphatic rings. The van der Waals surface area contributed by atoms with Crippen molar-refractivity contribution in [3.8, 4) is 11.5 Å². The summed E-state index contributed by atoms with van der Waals surface area (Å²) in [6.07, 6.45) is -8.07. The molecular formula is C35H38ClF3N4O9. The average molecular weight is 751 g/mol. The van der Waals surface area contributed by atoms with Crippen molar-refractivity contribution in [1.82, 2.24) is 21.3 Å². The highest BCUT2D eigenvalue weighted by Crippen LogP contribution is 2.27. The zero-order chi connectivity index (χ0) is 38.6. The van der Waals surface area contributed by atoms with Crippen molar-refractivity contribution in [3.63, 3.8) is 0 Å². The van der Waals surface area contributed by atoms with Gasteiger partial charge in [0.1, 0.15) is 30.1 Å². The summed E-state index contributed by atoms with van der Waals surface area (Å²) < 4.78 is 51.0. The van der Waals surface area contributed by atoms with Crippen LogP contribution in [0.3, 0.4) is 0 Å². The highest BCUT2D eigenvalue weighted by Gasteiger charge is 2.46. The van der Waals surface area contributed by atoms with E-state index in [1.807, 2.05) is 0 Å². The Labute approximate surface area is 301 Å². The highest BCUT2D eigenvalue weighted by molar-refractivity contribution is 6.30. The molecule has 0 heterocycles. The van der Waals surface area contributed by atoms with E-state index in [4.69, 9.17) is 26.2 Å². The number of aliphatic hydroxyl groups excluding tert-OH is 1. The number of amides is 4. The maximum Gasteiger partial charge on any atom is 0.416 e. The second-order valence-corrected chi connectivity index (χ2v) is 12.3. The number of carbonyl (C=O) groups is 5. The number of ether oxygens (including phenoxy) is 2. The van der Waals surface area contributed by atoms with Crippen LogP contribution in [0.25, 0.3) is 0 Å². The third kappa shape index (κ3) is 12.5. The largest absolute Gasteiger partial charge is 0.497 e. The molecule has 0 radical (unpaired) electrons. The molecule has 6 N–H and O–H groups in total. The number of aliphatic hydroxyl groups is 1. The molecule has 0 aromatic heterocycles. The molecule has 0 bridgehead atoms. The van der Waals surface area contributed by atoms with Crippen LogP contribution in [0.2, 0.25) is 5.02 Å². The number of carbonyl (C=O) groups excluding carboxylic acids is 4. The van der Waals surface area contributed by atoms with Crippen LogP contribution in [-0.2, 0) is 25.6 Å². The zero-order valence-electron chi connectivity index (χ0n) is 28.2. The number of halogens is 4. The fraction of sp³-hybridized carbons (Fsp3) is 0.343. The van der Waals surface area contributed by atoms with Gasteiger partial charge >= 0.3 is 12.1 Å². The Morgan fingerprint density at radius 2 is 1.50 bits per heavy atom. The monoisotopic (exact) mass is 750 g/mol. The van der Waals surface area contributed by atoms with Gasteiger partial charge in [-0.25, -0.2) is 0 Å². The van der Waals surface area contributed by atoms with E-state index in [-0.39, 0.29) is 23.3 Å². The predicted molar refractivity (Wildman–Crippen MR) is 182 cm³/mol. The van der Waals surface area contributed by atoms with Crippen molar-refractivity contribution in [3.05, 3.63) is 94.5 Å². The quantitative estimate of drug-likeness (QED) is 0.120. The number of carboxylic acids is 1. The van der Waals surface area contributed by atoms with E-state index in [1.165, 1.54) is 69.5 Å². The first-order valence-electron chi connectivity index (χ1n) is 15.7. The van der Waals surface area contributed by atoms with Crippen molar-refractivity contribution in [2.75, 3.05) is 20.3 Å². The summed E-state index contributed by atoms with van der Waals surface area (Å²) in [5.74, 6) is -4.87. The van der Waals surface area contributed by atoms with Gasteiger partial charge in [-0.3, -0.25) is 24.0 Å². The van der Waals surface area contributed by atoms with E-state index in [1.54, 1.807) is 24.3 Å². The van der Waals surface area contributed by atoms with Crippen LogP contribution in [-0.4, -0.2) is 84.4 Å². The molecule has 0 aliphatic carbocycles. The van der Waals surface area contributed by atoms with Gasteiger partial charge in [0, 0.05) is 17.0 Å². The van der Waals surface area contributed by atoms with E-state index in [9.17, 15) is 42.3 Å². The molecule has 0 spiro atoms. The first-order chi connectivity index (χ1) is 24.5. The van der Waals surface area contributed by atoms with Gasteiger partial charge < -0.3 is 41.0 Å². The van der Waals surface area contributed by atoms with Crippen LogP contribution in [0.15, 0.2) is 72.8 Å². The van der Waals surface area contributed by atoms with Gasteiger partial charge in [0.15, 0.2) is 12.7 Å². The van der Waals surface area contributed by atoms with Gasteiger partial charge in [-0.1, -0.05) is 49.7 Å². The number of hydrogen-bond acceptors (Lipinski definition) is 8. The number of carboxylic acid groups (broad SMARTS) is 1. The SMILES string of the molecule is COc1ccc([C@H](NC(=O)[C@H](Cc2cccc(Cl)c2)NC(=O)c2ccc(OCC(=O)NCC(=O)O)cc2)C(=O)N[C@@H](C(C)C)[C@H](O)C(F)(F)F)cc1. The molecule has 0 aliphatic heterocycles. The first kappa shape index (κ1) is 41.1. The molecule has 3 aromatic rings. The molecule has 280 valence electrons. The molecule has 13 nitrogen and oxygen atoms in total. The van der Waals surface area contributed by atoms with E-state index in [0.29, 0.717) is 16.3 Å². The number of methoxy groups -OCH3 is 1. The Morgan fingerprint density at radius 1 is 0.865 bits per heavy atom. The Morgan fingerprint density at radius 3 is 2.06 bits per heavy atom. The minimum atomic E-state index is -5.05. The number of nitrogens with one attached hydrogen (secondary N) is 4. The summed E-state index contributed by atoms with van der Waals surface area (Å²) in [6, 6.07) is 13.0. The standard InChI is InChI=1S/C35H38ClF3N4O9/c1-19(2)29(31(47)35(37,38)39)42-34(50)30(21-7-11-24(51-3)12-8-21)43-33(49)26(16-20-5-4-6-23(36)15-20)41-32(48)22-9-13-25(14-10-22)52-18-27(44)40-17-28(45)46/h4-15,19,26,29-31,47H,16-18H2,1-3H3,(H,40,44)(H,41,48)(H,42,50)(H,43,49)(H,45,46)/t26-,29-,30-,31-/m0/s1. The third-order valence-corrected chi connectivity index (χ3v) is 7.81. The van der Waals surface area contributed by atoms with Gasteiger partial charge in [0.25, 0.3) is 11.8 Å². The summed E-state index contributed by atoms with van der Waals surface area (Å²) in [4.78, 5) is 63.3. The molecule has 0 unspecified atom stereocenters. The van der Waals surface area contributed by atoms with Crippen molar-refractivity contribution >= 4 is 41.2 Å². The van der Waals surface area contributed by atoms with Gasteiger partial charge in [0.05, 0.1) is 13.2 Å². The number of hydrogen-bond donors (Lipinski definition) is 6. The Balaban J connectivity index is 1.88. The van der Waals surface area contributed by atoms with Crippen LogP contribution >= 0.6 is 11.6 Å². The van der Waals surface area contributed by atoms with Crippen molar-refractivity contribution < 1.29 is 56.8 Å². The lowest BCUT2D eigenvalue weighted by atomic mass is 9.96. The molecule has 4 atom stereocenters. The van der Waals surface area contributed by atoms with Crippen LogP contribution in [0, 0.1) is 5.92 Å².